The van der Waals surface area contributed by atoms with E-state index in [0.29, 0.717) is 13.0 Å². The van der Waals surface area contributed by atoms with E-state index >= 15 is 0 Å². The molecule has 2 aliphatic heterocycles. The van der Waals surface area contributed by atoms with E-state index in [2.05, 4.69) is 25.8 Å². The number of morpholine rings is 1. The number of anilines is 1. The van der Waals surface area contributed by atoms with Crippen molar-refractivity contribution < 1.29 is 9.84 Å². The largest absolute Gasteiger partial charge is 0.387 e. The zero-order valence-corrected chi connectivity index (χ0v) is 10.4. The lowest BCUT2D eigenvalue weighted by Crippen LogP contribution is -2.49. The van der Waals surface area contributed by atoms with Gasteiger partial charge in [0.2, 0.25) is 0 Å². The molecular formula is C11H13BrN2O2. The number of fused-ring (bicyclic) bond motifs is 3. The maximum atomic E-state index is 10.0. The van der Waals surface area contributed by atoms with Crippen molar-refractivity contribution in [3.63, 3.8) is 0 Å². The van der Waals surface area contributed by atoms with E-state index in [9.17, 15) is 5.11 Å². The average Bonchev–Trinajstić information content (AvgIpc) is 2.29. The minimum absolute atomic E-state index is 0.285. The maximum absolute atomic E-state index is 10.0. The number of ether oxygens (including phenoxy) is 1. The highest BCUT2D eigenvalue weighted by atomic mass is 79.9. The van der Waals surface area contributed by atoms with Gasteiger partial charge in [-0.05, 0) is 22.0 Å². The third-order valence-electron chi connectivity index (χ3n) is 3.21. The Morgan fingerprint density at radius 2 is 2.44 bits per heavy atom. The fourth-order valence-corrected chi connectivity index (χ4v) is 2.78. The summed E-state index contributed by atoms with van der Waals surface area (Å²) in [5.74, 6) is 0. The molecule has 2 atom stereocenters. The summed E-state index contributed by atoms with van der Waals surface area (Å²) in [5.41, 5.74) is 1.84. The van der Waals surface area contributed by atoms with E-state index in [1.54, 1.807) is 6.20 Å². The molecule has 86 valence electrons. The first kappa shape index (κ1) is 10.5. The van der Waals surface area contributed by atoms with Crippen LogP contribution in [0.25, 0.3) is 0 Å². The third kappa shape index (κ3) is 1.63. The number of pyridine rings is 1. The van der Waals surface area contributed by atoms with Gasteiger partial charge in [-0.2, -0.15) is 0 Å². The minimum atomic E-state index is -0.467. The molecule has 1 N–H and O–H groups in total. The number of aliphatic hydroxyl groups is 1. The zero-order chi connectivity index (χ0) is 11.1. The fourth-order valence-electron chi connectivity index (χ4n) is 2.46. The van der Waals surface area contributed by atoms with Crippen LogP contribution < -0.4 is 4.90 Å². The number of aliphatic hydroxyl groups excluding tert-OH is 1. The highest BCUT2D eigenvalue weighted by molar-refractivity contribution is 9.10. The van der Waals surface area contributed by atoms with Crippen LogP contribution in [0, 0.1) is 0 Å². The molecule has 16 heavy (non-hydrogen) atoms. The Morgan fingerprint density at radius 1 is 1.56 bits per heavy atom. The molecule has 3 heterocycles. The zero-order valence-electron chi connectivity index (χ0n) is 8.77. The van der Waals surface area contributed by atoms with Gasteiger partial charge in [0.1, 0.15) is 6.10 Å². The Hall–Kier alpha value is -0.650. The Bertz CT molecular complexity index is 413. The van der Waals surface area contributed by atoms with Crippen molar-refractivity contribution in [2.75, 3.05) is 24.7 Å². The molecule has 0 saturated carbocycles. The van der Waals surface area contributed by atoms with Gasteiger partial charge in [-0.3, -0.25) is 4.98 Å². The molecular weight excluding hydrogens is 272 g/mol. The number of rotatable bonds is 0. The number of aromatic nitrogens is 1. The Morgan fingerprint density at radius 3 is 3.31 bits per heavy atom. The molecule has 0 unspecified atom stereocenters. The van der Waals surface area contributed by atoms with Crippen LogP contribution in [0.4, 0.5) is 5.69 Å². The first-order chi connectivity index (χ1) is 7.75. The van der Waals surface area contributed by atoms with Crippen molar-refractivity contribution >= 4 is 21.6 Å². The van der Waals surface area contributed by atoms with Crippen LogP contribution in [0.5, 0.6) is 0 Å². The Balaban J connectivity index is 2.05. The Kier molecular flexibility index (Phi) is 2.61. The fraction of sp³-hybridized carbons (Fsp3) is 0.545. The van der Waals surface area contributed by atoms with Crippen molar-refractivity contribution in [3.8, 4) is 0 Å². The minimum Gasteiger partial charge on any atom is -0.387 e. The second kappa shape index (κ2) is 3.98. The van der Waals surface area contributed by atoms with Gasteiger partial charge in [0.25, 0.3) is 0 Å². The maximum Gasteiger partial charge on any atom is 0.100 e. The summed E-state index contributed by atoms with van der Waals surface area (Å²) in [4.78, 5) is 6.61. The van der Waals surface area contributed by atoms with Crippen LogP contribution >= 0.6 is 15.9 Å². The van der Waals surface area contributed by atoms with E-state index in [1.807, 2.05) is 6.07 Å². The van der Waals surface area contributed by atoms with Crippen LogP contribution in [-0.4, -0.2) is 35.9 Å². The molecule has 0 amide bonds. The summed E-state index contributed by atoms with van der Waals surface area (Å²) in [5, 5.41) is 10.0. The molecule has 0 aromatic carbocycles. The van der Waals surface area contributed by atoms with Gasteiger partial charge in [-0.1, -0.05) is 0 Å². The van der Waals surface area contributed by atoms with Crippen LogP contribution in [0.15, 0.2) is 16.7 Å². The molecule has 1 aromatic heterocycles. The lowest BCUT2D eigenvalue weighted by molar-refractivity contribution is 0.0596. The number of nitrogens with zero attached hydrogens (tertiary/aromatic N) is 2. The summed E-state index contributed by atoms with van der Waals surface area (Å²) in [7, 11) is 0. The van der Waals surface area contributed by atoms with E-state index in [-0.39, 0.29) is 6.04 Å². The SMILES string of the molecule is O[C@H]1C[C@H]2COCCN2c2cc(Br)cnc21. The number of hydrogen-bond donors (Lipinski definition) is 1. The first-order valence-corrected chi connectivity index (χ1v) is 6.23. The molecule has 1 saturated heterocycles. The molecule has 0 radical (unpaired) electrons. The van der Waals surface area contributed by atoms with Crippen LogP contribution in [0.1, 0.15) is 18.2 Å². The molecule has 0 bridgehead atoms. The summed E-state index contributed by atoms with van der Waals surface area (Å²) in [6, 6.07) is 2.32. The molecule has 0 spiro atoms. The predicted molar refractivity (Wildman–Crippen MR) is 63.5 cm³/mol. The van der Waals surface area contributed by atoms with Gasteiger partial charge < -0.3 is 14.7 Å². The normalized spacial score (nSPS) is 28.5. The molecule has 3 rings (SSSR count). The van der Waals surface area contributed by atoms with Crippen molar-refractivity contribution in [2.45, 2.75) is 18.6 Å². The van der Waals surface area contributed by atoms with Gasteiger partial charge in [0, 0.05) is 23.6 Å². The topological polar surface area (TPSA) is 45.6 Å². The van der Waals surface area contributed by atoms with E-state index < -0.39 is 6.10 Å². The molecule has 5 heteroatoms. The summed E-state index contributed by atoms with van der Waals surface area (Å²) in [6.07, 6.45) is 1.98. The van der Waals surface area contributed by atoms with E-state index in [0.717, 1.165) is 29.0 Å². The first-order valence-electron chi connectivity index (χ1n) is 5.43. The second-order valence-corrected chi connectivity index (χ2v) is 5.15. The van der Waals surface area contributed by atoms with E-state index in [1.165, 1.54) is 0 Å². The molecule has 1 fully saturated rings. The van der Waals surface area contributed by atoms with E-state index in [4.69, 9.17) is 4.74 Å². The highest BCUT2D eigenvalue weighted by Gasteiger charge is 2.34. The van der Waals surface area contributed by atoms with Gasteiger partial charge in [-0.15, -0.1) is 0 Å². The molecule has 0 aliphatic carbocycles. The third-order valence-corrected chi connectivity index (χ3v) is 3.65. The highest BCUT2D eigenvalue weighted by Crippen LogP contribution is 2.37. The van der Waals surface area contributed by atoms with Gasteiger partial charge in [0.05, 0.1) is 30.6 Å². The number of hydrogen-bond acceptors (Lipinski definition) is 4. The predicted octanol–water partition coefficient (Wildman–Crippen LogP) is 1.49. The Labute approximate surface area is 102 Å². The quantitative estimate of drug-likeness (QED) is 0.784. The monoisotopic (exact) mass is 284 g/mol. The molecule has 4 nitrogen and oxygen atoms in total. The van der Waals surface area contributed by atoms with Crippen molar-refractivity contribution in [2.24, 2.45) is 0 Å². The van der Waals surface area contributed by atoms with Crippen molar-refractivity contribution in [1.82, 2.24) is 4.98 Å². The standard InChI is InChI=1S/C11H13BrN2O2/c12-7-3-9-11(13-5-7)10(15)4-8-6-16-2-1-14(8)9/h3,5,8,10,15H,1-2,4,6H2/t8-,10-/m0/s1. The van der Waals surface area contributed by atoms with Crippen LogP contribution in [0.2, 0.25) is 0 Å². The molecule has 2 aliphatic rings. The van der Waals surface area contributed by atoms with Gasteiger partial charge in [-0.25, -0.2) is 0 Å². The number of halogens is 1. The lowest BCUT2D eigenvalue weighted by atomic mass is 9.97. The molecule has 1 aromatic rings. The van der Waals surface area contributed by atoms with Crippen molar-refractivity contribution in [3.05, 3.63) is 22.4 Å². The lowest BCUT2D eigenvalue weighted by Gasteiger charge is -2.42. The van der Waals surface area contributed by atoms with Crippen LogP contribution in [0.3, 0.4) is 0 Å². The average molecular weight is 285 g/mol. The van der Waals surface area contributed by atoms with Gasteiger partial charge in [0.15, 0.2) is 0 Å². The summed E-state index contributed by atoms with van der Waals surface area (Å²) in [6.45, 7) is 2.32. The summed E-state index contributed by atoms with van der Waals surface area (Å²) < 4.78 is 6.40. The van der Waals surface area contributed by atoms with Crippen molar-refractivity contribution in [1.29, 1.82) is 0 Å². The summed E-state index contributed by atoms with van der Waals surface area (Å²) >= 11 is 3.42. The van der Waals surface area contributed by atoms with Gasteiger partial charge >= 0.3 is 0 Å². The van der Waals surface area contributed by atoms with Crippen LogP contribution in [-0.2, 0) is 4.74 Å². The second-order valence-electron chi connectivity index (χ2n) is 4.23. The smallest absolute Gasteiger partial charge is 0.100 e.